The second kappa shape index (κ2) is 5.41. The molecule has 0 aromatic heterocycles. The molecule has 18 heavy (non-hydrogen) atoms. The highest BCUT2D eigenvalue weighted by Gasteiger charge is 2.21. The monoisotopic (exact) mass is 269 g/mol. The van der Waals surface area contributed by atoms with Crippen LogP contribution in [0.25, 0.3) is 0 Å². The van der Waals surface area contributed by atoms with Crippen LogP contribution in [0.4, 0.5) is 0 Å². The third kappa shape index (κ3) is 3.12. The van der Waals surface area contributed by atoms with E-state index in [1.165, 1.54) is 0 Å². The highest BCUT2D eigenvalue weighted by atomic mass is 32.2. The molecule has 1 aromatic carbocycles. The predicted octanol–water partition coefficient (Wildman–Crippen LogP) is 2.85. The molecule has 0 saturated heterocycles. The number of aryl methyl sites for hydroxylation is 2. The van der Waals surface area contributed by atoms with Gasteiger partial charge in [0.25, 0.3) is 0 Å². The molecule has 0 fully saturated rings. The lowest BCUT2D eigenvalue weighted by atomic mass is 10.0. The van der Waals surface area contributed by atoms with Gasteiger partial charge in [0.1, 0.15) is 0 Å². The third-order valence-corrected chi connectivity index (χ3v) is 4.94. The highest BCUT2D eigenvalue weighted by Crippen LogP contribution is 2.25. The van der Waals surface area contributed by atoms with Crippen molar-refractivity contribution in [3.63, 3.8) is 0 Å². The Hall–Kier alpha value is -0.870. The van der Waals surface area contributed by atoms with Crippen LogP contribution in [0.2, 0.25) is 0 Å². The minimum Gasteiger partial charge on any atom is -0.211 e. The summed E-state index contributed by atoms with van der Waals surface area (Å²) < 4.78 is 27.4. The number of rotatable bonds is 4. The van der Waals surface area contributed by atoms with E-state index >= 15 is 0 Å². The van der Waals surface area contributed by atoms with E-state index in [0.29, 0.717) is 17.4 Å². The van der Waals surface area contributed by atoms with Gasteiger partial charge in [0.05, 0.1) is 4.90 Å². The van der Waals surface area contributed by atoms with E-state index in [1.807, 2.05) is 47.6 Å². The minimum absolute atomic E-state index is 0.297. The zero-order valence-electron chi connectivity index (χ0n) is 12.1. The van der Waals surface area contributed by atoms with Gasteiger partial charge in [-0.3, -0.25) is 0 Å². The van der Waals surface area contributed by atoms with Crippen LogP contribution in [0.3, 0.4) is 0 Å². The molecule has 1 N–H and O–H groups in total. The predicted molar refractivity (Wildman–Crippen MR) is 75.4 cm³/mol. The quantitative estimate of drug-likeness (QED) is 0.913. The summed E-state index contributed by atoms with van der Waals surface area (Å²) in [6, 6.07) is 2.03. The highest BCUT2D eigenvalue weighted by molar-refractivity contribution is 7.89. The molecule has 0 bridgehead atoms. The van der Waals surface area contributed by atoms with Gasteiger partial charge in [-0.2, -0.15) is 0 Å². The van der Waals surface area contributed by atoms with Gasteiger partial charge in [0, 0.05) is 6.54 Å². The fourth-order valence-electron chi connectivity index (χ4n) is 1.93. The number of hydrogen-bond donors (Lipinski definition) is 1. The Bertz CT molecular complexity index is 519. The molecular formula is C14H23NO2S. The van der Waals surface area contributed by atoms with Crippen LogP contribution in [0.5, 0.6) is 0 Å². The molecule has 0 unspecified atom stereocenters. The molecule has 0 radical (unpaired) electrons. The zero-order chi connectivity index (χ0) is 14.1. The topological polar surface area (TPSA) is 46.2 Å². The molecule has 0 aliphatic heterocycles. The summed E-state index contributed by atoms with van der Waals surface area (Å²) >= 11 is 0. The van der Waals surface area contributed by atoms with Crippen LogP contribution in [0.15, 0.2) is 11.0 Å². The van der Waals surface area contributed by atoms with Gasteiger partial charge in [-0.15, -0.1) is 0 Å². The van der Waals surface area contributed by atoms with Gasteiger partial charge < -0.3 is 0 Å². The van der Waals surface area contributed by atoms with Crippen LogP contribution in [-0.2, 0) is 10.0 Å². The van der Waals surface area contributed by atoms with Crippen molar-refractivity contribution >= 4 is 10.0 Å². The van der Waals surface area contributed by atoms with E-state index in [9.17, 15) is 8.42 Å². The van der Waals surface area contributed by atoms with Gasteiger partial charge in [-0.25, -0.2) is 13.1 Å². The number of hydrogen-bond acceptors (Lipinski definition) is 2. The molecule has 3 nitrogen and oxygen atoms in total. The van der Waals surface area contributed by atoms with Crippen molar-refractivity contribution in [1.29, 1.82) is 0 Å². The molecule has 0 aliphatic carbocycles. The van der Waals surface area contributed by atoms with E-state index in [4.69, 9.17) is 0 Å². The second-order valence-electron chi connectivity index (χ2n) is 5.34. The first-order valence-corrected chi connectivity index (χ1v) is 7.72. The fourth-order valence-corrected chi connectivity index (χ4v) is 3.76. The summed E-state index contributed by atoms with van der Waals surface area (Å²) in [5.74, 6) is 0.297. The van der Waals surface area contributed by atoms with Crippen molar-refractivity contribution in [2.45, 2.75) is 46.4 Å². The lowest BCUT2D eigenvalue weighted by molar-refractivity contribution is 0.559. The van der Waals surface area contributed by atoms with Crippen LogP contribution in [0, 0.1) is 33.6 Å². The summed E-state index contributed by atoms with van der Waals surface area (Å²) in [7, 11) is -3.41. The summed E-state index contributed by atoms with van der Waals surface area (Å²) in [6.07, 6.45) is 0. The Labute approximate surface area is 111 Å². The largest absolute Gasteiger partial charge is 0.241 e. The van der Waals surface area contributed by atoms with Crippen molar-refractivity contribution in [2.75, 3.05) is 6.54 Å². The summed E-state index contributed by atoms with van der Waals surface area (Å²) in [5, 5.41) is 0. The lowest BCUT2D eigenvalue weighted by Crippen LogP contribution is -2.29. The maximum Gasteiger partial charge on any atom is 0.241 e. The maximum atomic E-state index is 12.4. The van der Waals surface area contributed by atoms with Gasteiger partial charge >= 0.3 is 0 Å². The second-order valence-corrected chi connectivity index (χ2v) is 7.04. The van der Waals surface area contributed by atoms with Crippen molar-refractivity contribution < 1.29 is 8.42 Å². The maximum absolute atomic E-state index is 12.4. The SMILES string of the molecule is Cc1cc(C)c(C)c(S(=O)(=O)NCC(C)C)c1C. The van der Waals surface area contributed by atoms with Gasteiger partial charge in [0.15, 0.2) is 0 Å². The van der Waals surface area contributed by atoms with Crippen LogP contribution in [-0.4, -0.2) is 15.0 Å². The molecule has 0 amide bonds. The first kappa shape index (κ1) is 15.2. The molecule has 1 aromatic rings. The smallest absolute Gasteiger partial charge is 0.211 e. The van der Waals surface area contributed by atoms with Gasteiger partial charge in [-0.05, 0) is 55.9 Å². The Balaban J connectivity index is 3.32. The number of benzene rings is 1. The minimum atomic E-state index is -3.41. The average molecular weight is 269 g/mol. The molecule has 1 rings (SSSR count). The molecule has 0 saturated carbocycles. The Kier molecular flexibility index (Phi) is 4.56. The van der Waals surface area contributed by atoms with Crippen LogP contribution < -0.4 is 4.72 Å². The Morgan fingerprint density at radius 1 is 1.06 bits per heavy atom. The third-order valence-electron chi connectivity index (χ3n) is 3.25. The lowest BCUT2D eigenvalue weighted by Gasteiger charge is -2.16. The van der Waals surface area contributed by atoms with Crippen molar-refractivity contribution in [3.05, 3.63) is 28.3 Å². The van der Waals surface area contributed by atoms with E-state index < -0.39 is 10.0 Å². The Morgan fingerprint density at radius 3 is 1.89 bits per heavy atom. The Morgan fingerprint density at radius 2 is 1.50 bits per heavy atom. The van der Waals surface area contributed by atoms with Crippen molar-refractivity contribution in [1.82, 2.24) is 4.72 Å². The summed E-state index contributed by atoms with van der Waals surface area (Å²) in [6.45, 7) is 12.1. The van der Waals surface area contributed by atoms with Crippen LogP contribution in [0.1, 0.15) is 36.1 Å². The molecule has 4 heteroatoms. The van der Waals surface area contributed by atoms with E-state index in [-0.39, 0.29) is 0 Å². The molecule has 102 valence electrons. The fraction of sp³-hybridized carbons (Fsp3) is 0.571. The molecule has 0 spiro atoms. The zero-order valence-corrected chi connectivity index (χ0v) is 12.9. The molecular weight excluding hydrogens is 246 g/mol. The van der Waals surface area contributed by atoms with Crippen molar-refractivity contribution in [2.24, 2.45) is 5.92 Å². The van der Waals surface area contributed by atoms with E-state index in [1.54, 1.807) is 0 Å². The first-order chi connectivity index (χ1) is 8.16. The number of sulfonamides is 1. The molecule has 0 heterocycles. The van der Waals surface area contributed by atoms with Gasteiger partial charge in [-0.1, -0.05) is 19.9 Å². The molecule has 0 aliphatic rings. The first-order valence-electron chi connectivity index (χ1n) is 6.24. The number of nitrogens with one attached hydrogen (secondary N) is 1. The molecule has 0 atom stereocenters. The average Bonchev–Trinajstić information content (AvgIpc) is 2.24. The van der Waals surface area contributed by atoms with E-state index in [0.717, 1.165) is 22.3 Å². The van der Waals surface area contributed by atoms with Gasteiger partial charge in [0.2, 0.25) is 10.0 Å². The van der Waals surface area contributed by atoms with E-state index in [2.05, 4.69) is 4.72 Å². The normalized spacial score (nSPS) is 12.2. The van der Waals surface area contributed by atoms with Crippen molar-refractivity contribution in [3.8, 4) is 0 Å². The summed E-state index contributed by atoms with van der Waals surface area (Å²) in [4.78, 5) is 0.445. The summed E-state index contributed by atoms with van der Waals surface area (Å²) in [5.41, 5.74) is 3.72. The van der Waals surface area contributed by atoms with Crippen LogP contribution >= 0.6 is 0 Å². The standard InChI is InChI=1S/C14H23NO2S/c1-9(2)8-15-18(16,17)14-12(5)10(3)7-11(4)13(14)6/h7,9,15H,8H2,1-6H3.